The lowest BCUT2D eigenvalue weighted by atomic mass is 10.2. The summed E-state index contributed by atoms with van der Waals surface area (Å²) in [5.41, 5.74) is 0. The van der Waals surface area contributed by atoms with Gasteiger partial charge in [-0.05, 0) is 0 Å². The highest BCUT2D eigenvalue weighted by atomic mass is 16.7. The van der Waals surface area contributed by atoms with E-state index in [-0.39, 0.29) is 0 Å². The summed E-state index contributed by atoms with van der Waals surface area (Å²) < 4.78 is 33.7. The Hall–Kier alpha value is -0.295. The topological polar surface area (TPSA) is 65.1 Å². The summed E-state index contributed by atoms with van der Waals surface area (Å²) in [4.78, 5) is 6.60. The van der Waals surface area contributed by atoms with Crippen molar-refractivity contribution in [1.29, 1.82) is 0 Å². The molecule has 0 aromatic rings. The average Bonchev–Trinajstić information content (AvgIpc) is 2.70. The SMILES string of the molecule is C1CN(COB(OCN2CCOCC2)OCN2CCOCC2)CCO1. The summed E-state index contributed by atoms with van der Waals surface area (Å²) in [6.45, 7) is 11.2. The van der Waals surface area contributed by atoms with E-state index in [9.17, 15) is 0 Å². The predicted octanol–water partition coefficient (Wildman–Crippen LogP) is -1.11. The highest BCUT2D eigenvalue weighted by molar-refractivity contribution is 6.36. The molecular weight excluding hydrogens is 329 g/mol. The van der Waals surface area contributed by atoms with Crippen molar-refractivity contribution in [3.8, 4) is 0 Å². The van der Waals surface area contributed by atoms with Crippen LogP contribution in [0.25, 0.3) is 0 Å². The van der Waals surface area contributed by atoms with E-state index >= 15 is 0 Å². The van der Waals surface area contributed by atoms with Crippen LogP contribution in [-0.2, 0) is 28.2 Å². The summed E-state index contributed by atoms with van der Waals surface area (Å²) in [6, 6.07) is 0. The molecule has 0 N–H and O–H groups in total. The molecule has 0 amide bonds. The molecular formula is C15H30BN3O6. The van der Waals surface area contributed by atoms with Crippen molar-refractivity contribution in [2.24, 2.45) is 0 Å². The minimum absolute atomic E-state index is 0.486. The van der Waals surface area contributed by atoms with Gasteiger partial charge in [-0.2, -0.15) is 0 Å². The van der Waals surface area contributed by atoms with E-state index in [1.807, 2.05) is 0 Å². The maximum atomic E-state index is 5.87. The number of nitrogens with zero attached hydrogens (tertiary/aromatic N) is 3. The van der Waals surface area contributed by atoms with Crippen molar-refractivity contribution in [2.75, 3.05) is 99.1 Å². The predicted molar refractivity (Wildman–Crippen MR) is 90.8 cm³/mol. The van der Waals surface area contributed by atoms with Crippen LogP contribution in [0.1, 0.15) is 0 Å². The van der Waals surface area contributed by atoms with Crippen molar-refractivity contribution in [2.45, 2.75) is 0 Å². The van der Waals surface area contributed by atoms with Crippen molar-refractivity contribution < 1.29 is 28.2 Å². The Morgan fingerprint density at radius 2 is 0.800 bits per heavy atom. The molecule has 3 rings (SSSR count). The second-order valence-electron chi connectivity index (χ2n) is 6.37. The van der Waals surface area contributed by atoms with Gasteiger partial charge >= 0.3 is 7.32 Å². The molecule has 0 atom stereocenters. The first-order chi connectivity index (χ1) is 12.4. The van der Waals surface area contributed by atoms with Crippen molar-refractivity contribution in [3.63, 3.8) is 0 Å². The first-order valence-electron chi connectivity index (χ1n) is 9.15. The number of hydrogen-bond acceptors (Lipinski definition) is 9. The van der Waals surface area contributed by atoms with Crippen molar-refractivity contribution in [3.05, 3.63) is 0 Å². The zero-order valence-electron chi connectivity index (χ0n) is 15.0. The Labute approximate surface area is 150 Å². The zero-order valence-corrected chi connectivity index (χ0v) is 15.0. The third kappa shape index (κ3) is 7.45. The van der Waals surface area contributed by atoms with Gasteiger partial charge in [0.2, 0.25) is 0 Å². The van der Waals surface area contributed by atoms with Gasteiger partial charge in [0.1, 0.15) is 0 Å². The molecule has 0 aromatic heterocycles. The minimum atomic E-state index is -0.673. The van der Waals surface area contributed by atoms with E-state index in [0.29, 0.717) is 20.2 Å². The highest BCUT2D eigenvalue weighted by Crippen LogP contribution is 2.04. The van der Waals surface area contributed by atoms with Crippen LogP contribution in [-0.4, -0.2) is 121 Å². The van der Waals surface area contributed by atoms with E-state index < -0.39 is 7.32 Å². The Kier molecular flexibility index (Phi) is 8.90. The molecule has 3 aliphatic heterocycles. The van der Waals surface area contributed by atoms with Gasteiger partial charge in [0.05, 0.1) is 59.8 Å². The van der Waals surface area contributed by atoms with Gasteiger partial charge in [-0.15, -0.1) is 0 Å². The van der Waals surface area contributed by atoms with Gasteiger partial charge in [-0.1, -0.05) is 0 Å². The van der Waals surface area contributed by atoms with E-state index in [2.05, 4.69) is 14.7 Å². The van der Waals surface area contributed by atoms with Crippen LogP contribution in [0.2, 0.25) is 0 Å². The number of ether oxygens (including phenoxy) is 3. The van der Waals surface area contributed by atoms with Gasteiger partial charge in [0.15, 0.2) is 0 Å². The summed E-state index contributed by atoms with van der Waals surface area (Å²) >= 11 is 0. The molecule has 0 saturated carbocycles. The zero-order chi connectivity index (χ0) is 17.2. The molecule has 3 aliphatic rings. The quantitative estimate of drug-likeness (QED) is 0.477. The van der Waals surface area contributed by atoms with Gasteiger partial charge in [0, 0.05) is 39.3 Å². The summed E-state index contributed by atoms with van der Waals surface area (Å²) in [7, 11) is -0.673. The third-order valence-electron chi connectivity index (χ3n) is 4.49. The molecule has 9 nitrogen and oxygen atoms in total. The Balaban J connectivity index is 1.39. The third-order valence-corrected chi connectivity index (χ3v) is 4.49. The maximum absolute atomic E-state index is 5.87. The van der Waals surface area contributed by atoms with Crippen LogP contribution < -0.4 is 0 Å². The van der Waals surface area contributed by atoms with Crippen LogP contribution >= 0.6 is 0 Å². The molecule has 0 unspecified atom stereocenters. The smallest absolute Gasteiger partial charge is 0.379 e. The fraction of sp³-hybridized carbons (Fsp3) is 1.00. The highest BCUT2D eigenvalue weighted by Gasteiger charge is 2.26. The second kappa shape index (κ2) is 11.4. The minimum Gasteiger partial charge on any atom is -0.379 e. The summed E-state index contributed by atoms with van der Waals surface area (Å²) in [5.74, 6) is 0. The van der Waals surface area contributed by atoms with Crippen LogP contribution in [0.5, 0.6) is 0 Å². The largest absolute Gasteiger partial charge is 0.642 e. The molecule has 0 radical (unpaired) electrons. The molecule has 0 bridgehead atoms. The lowest BCUT2D eigenvalue weighted by Crippen LogP contribution is -2.45. The van der Waals surface area contributed by atoms with E-state index in [0.717, 1.165) is 78.9 Å². The fourth-order valence-electron chi connectivity index (χ4n) is 2.83. The van der Waals surface area contributed by atoms with Gasteiger partial charge in [0.25, 0.3) is 0 Å². The van der Waals surface area contributed by atoms with E-state index in [1.165, 1.54) is 0 Å². The van der Waals surface area contributed by atoms with Gasteiger partial charge in [-0.3, -0.25) is 14.7 Å². The fourth-order valence-corrected chi connectivity index (χ4v) is 2.83. The first kappa shape index (κ1) is 19.5. The molecule has 0 spiro atoms. The van der Waals surface area contributed by atoms with Crippen LogP contribution in [0.15, 0.2) is 0 Å². The normalized spacial score (nSPS) is 24.5. The van der Waals surface area contributed by atoms with E-state index in [1.54, 1.807) is 0 Å². The molecule has 3 heterocycles. The molecule has 25 heavy (non-hydrogen) atoms. The van der Waals surface area contributed by atoms with Crippen LogP contribution in [0, 0.1) is 0 Å². The second-order valence-corrected chi connectivity index (χ2v) is 6.37. The van der Waals surface area contributed by atoms with E-state index in [4.69, 9.17) is 28.2 Å². The van der Waals surface area contributed by atoms with Crippen molar-refractivity contribution >= 4 is 7.32 Å². The molecule has 3 saturated heterocycles. The number of rotatable bonds is 9. The Bertz CT molecular complexity index is 300. The number of morpholine rings is 3. The van der Waals surface area contributed by atoms with Crippen LogP contribution in [0.3, 0.4) is 0 Å². The first-order valence-corrected chi connectivity index (χ1v) is 9.15. The van der Waals surface area contributed by atoms with Gasteiger partial charge < -0.3 is 28.2 Å². The number of hydrogen-bond donors (Lipinski definition) is 0. The monoisotopic (exact) mass is 359 g/mol. The Morgan fingerprint density at radius 1 is 0.520 bits per heavy atom. The lowest BCUT2D eigenvalue weighted by Gasteiger charge is -2.31. The standard InChI is InChI=1S/C15H30BN3O6/c1-7-20-8-2-17(1)13-23-16(24-14-18-3-9-21-10-4-18)25-15-19-5-11-22-12-6-19/h1-15H2. The van der Waals surface area contributed by atoms with Crippen molar-refractivity contribution in [1.82, 2.24) is 14.7 Å². The molecule has 144 valence electrons. The van der Waals surface area contributed by atoms with Crippen LogP contribution in [0.4, 0.5) is 0 Å². The average molecular weight is 359 g/mol. The molecule has 0 aromatic carbocycles. The maximum Gasteiger partial charge on any atom is 0.642 e. The van der Waals surface area contributed by atoms with Gasteiger partial charge in [-0.25, -0.2) is 0 Å². The molecule has 3 fully saturated rings. The summed E-state index contributed by atoms with van der Waals surface area (Å²) in [6.07, 6.45) is 0. The Morgan fingerprint density at radius 3 is 1.08 bits per heavy atom. The molecule has 10 heteroatoms. The molecule has 0 aliphatic carbocycles. The summed E-state index contributed by atoms with van der Waals surface area (Å²) in [5, 5.41) is 0. The lowest BCUT2D eigenvalue weighted by molar-refractivity contribution is -0.0562.